The third-order valence-electron chi connectivity index (χ3n) is 4.94. The van der Waals surface area contributed by atoms with Crippen LogP contribution in [0.1, 0.15) is 94.9 Å². The van der Waals surface area contributed by atoms with Crippen LogP contribution in [0.3, 0.4) is 0 Å². The van der Waals surface area contributed by atoms with E-state index in [9.17, 15) is 14.4 Å². The van der Waals surface area contributed by atoms with E-state index in [0.717, 1.165) is 25.7 Å². The van der Waals surface area contributed by atoms with Gasteiger partial charge in [0, 0.05) is 11.5 Å². The van der Waals surface area contributed by atoms with Crippen LogP contribution in [0.5, 0.6) is 0 Å². The number of thioether (sulfide) groups is 1. The molecule has 0 saturated carbocycles. The van der Waals surface area contributed by atoms with E-state index in [-0.39, 0.29) is 11.7 Å². The van der Waals surface area contributed by atoms with Crippen molar-refractivity contribution in [3.63, 3.8) is 0 Å². The number of hydrogen-bond acceptors (Lipinski definition) is 8. The van der Waals surface area contributed by atoms with Crippen molar-refractivity contribution in [1.82, 2.24) is 10.6 Å². The van der Waals surface area contributed by atoms with Crippen LogP contribution in [0.15, 0.2) is 39.9 Å². The number of hydrogen-bond donors (Lipinski definition) is 2. The number of nitrogens with one attached hydrogen (secondary N) is 2. The fourth-order valence-corrected chi connectivity index (χ4v) is 4.04. The summed E-state index contributed by atoms with van der Waals surface area (Å²) in [6.45, 7) is 18.7. The summed E-state index contributed by atoms with van der Waals surface area (Å²) < 4.78 is 15.4. The van der Waals surface area contributed by atoms with Crippen molar-refractivity contribution in [3.8, 4) is 0 Å². The molecule has 2 N–H and O–H groups in total. The van der Waals surface area contributed by atoms with Crippen LogP contribution in [0.4, 0.5) is 9.59 Å². The maximum Gasteiger partial charge on any atom is 0.414 e. The zero-order chi connectivity index (χ0) is 30.9. The molecular formula is C30H51N3O6S. The largest absolute Gasteiger partial charge is 0.467 e. The molecule has 0 aliphatic heterocycles. The highest BCUT2D eigenvalue weighted by atomic mass is 32.2. The number of carbonyl (C=O) groups excluding carboxylic acids is 3. The molecule has 0 fully saturated rings. The van der Waals surface area contributed by atoms with Crippen LogP contribution in [-0.4, -0.2) is 60.0 Å². The van der Waals surface area contributed by atoms with Gasteiger partial charge in [-0.1, -0.05) is 34.9 Å². The maximum atomic E-state index is 12.5. The number of esters is 1. The number of alkyl carbamates (subject to hydrolysis) is 2. The Labute approximate surface area is 245 Å². The van der Waals surface area contributed by atoms with E-state index in [1.54, 1.807) is 41.5 Å². The zero-order valence-electron chi connectivity index (χ0n) is 26.4. The number of methoxy groups -OCH3 is 1. The summed E-state index contributed by atoms with van der Waals surface area (Å²) in [7, 11) is 1.26. The first-order valence-corrected chi connectivity index (χ1v) is 14.7. The fourth-order valence-electron chi connectivity index (χ4n) is 3.07. The van der Waals surface area contributed by atoms with Crippen molar-refractivity contribution >= 4 is 35.9 Å². The van der Waals surface area contributed by atoms with E-state index < -0.39 is 35.4 Å². The van der Waals surface area contributed by atoms with Gasteiger partial charge in [-0.05, 0) is 94.9 Å². The van der Waals surface area contributed by atoms with Crippen molar-refractivity contribution < 1.29 is 28.6 Å². The average Bonchev–Trinajstić information content (AvgIpc) is 2.77. The SMILES string of the molecule is COC(=O)C(CSC/C=C(\C)CC/C=C(\C)CCC=C(C)C)N=C(NC(=O)OC(C)(C)C)NC(=O)OC(C)(C)C. The zero-order valence-corrected chi connectivity index (χ0v) is 27.2. The summed E-state index contributed by atoms with van der Waals surface area (Å²) in [5.41, 5.74) is 2.46. The number of guanidine groups is 1. The Morgan fingerprint density at radius 2 is 1.27 bits per heavy atom. The molecule has 0 aromatic heterocycles. The molecule has 9 nitrogen and oxygen atoms in total. The second-order valence-electron chi connectivity index (χ2n) is 11.8. The lowest BCUT2D eigenvalue weighted by Gasteiger charge is -2.22. The standard InChI is InChI=1S/C30H51N3O6S/c1-21(2)14-12-15-22(3)16-13-17-23(4)18-19-40-20-24(25(34)37-11)31-26(32-27(35)38-29(5,6)7)33-28(36)39-30(8,9)10/h14,16,18,24H,12-13,15,17,19-20H2,1-11H3,(H2,31,32,33,35,36)/b22-16+,23-18+. The molecule has 1 atom stereocenters. The number of rotatable bonds is 12. The highest BCUT2D eigenvalue weighted by Crippen LogP contribution is 2.14. The Kier molecular flexibility index (Phi) is 17.3. The molecule has 0 heterocycles. The lowest BCUT2D eigenvalue weighted by molar-refractivity contribution is -0.141. The van der Waals surface area contributed by atoms with Crippen LogP contribution in [0.2, 0.25) is 0 Å². The van der Waals surface area contributed by atoms with E-state index in [2.05, 4.69) is 61.5 Å². The minimum Gasteiger partial charge on any atom is -0.467 e. The molecule has 0 aliphatic rings. The van der Waals surface area contributed by atoms with Gasteiger partial charge < -0.3 is 14.2 Å². The summed E-state index contributed by atoms with van der Waals surface area (Å²) in [6.07, 6.45) is 9.11. The smallest absolute Gasteiger partial charge is 0.414 e. The van der Waals surface area contributed by atoms with Gasteiger partial charge in [0.25, 0.3) is 0 Å². The highest BCUT2D eigenvalue weighted by Gasteiger charge is 2.24. The molecule has 0 spiro atoms. The summed E-state index contributed by atoms with van der Waals surface area (Å²) in [5, 5.41) is 4.80. The molecule has 0 rings (SSSR count). The molecular weight excluding hydrogens is 530 g/mol. The lowest BCUT2D eigenvalue weighted by atomic mass is 10.1. The van der Waals surface area contributed by atoms with Gasteiger partial charge in [0.05, 0.1) is 7.11 Å². The van der Waals surface area contributed by atoms with Crippen molar-refractivity contribution in [2.45, 2.75) is 112 Å². The van der Waals surface area contributed by atoms with E-state index in [0.29, 0.717) is 5.75 Å². The number of carbonyl (C=O) groups is 3. The fraction of sp³-hybridized carbons (Fsp3) is 0.667. The van der Waals surface area contributed by atoms with Crippen LogP contribution >= 0.6 is 11.8 Å². The van der Waals surface area contributed by atoms with Crippen molar-refractivity contribution in [3.05, 3.63) is 34.9 Å². The number of aliphatic imine (C=N–C) groups is 1. The molecule has 2 amide bonds. The first kappa shape index (κ1) is 37.2. The third-order valence-corrected chi connectivity index (χ3v) is 5.90. The van der Waals surface area contributed by atoms with Crippen molar-refractivity contribution in [2.24, 2.45) is 4.99 Å². The van der Waals surface area contributed by atoms with Gasteiger partial charge in [-0.25, -0.2) is 19.4 Å². The molecule has 0 saturated heterocycles. The molecule has 228 valence electrons. The lowest BCUT2D eigenvalue weighted by Crippen LogP contribution is -2.48. The van der Waals surface area contributed by atoms with Crippen LogP contribution in [0, 0.1) is 0 Å². The Balaban J connectivity index is 5.30. The molecule has 1 unspecified atom stereocenters. The first-order valence-electron chi connectivity index (χ1n) is 13.6. The summed E-state index contributed by atoms with van der Waals surface area (Å²) in [4.78, 5) is 41.5. The van der Waals surface area contributed by atoms with E-state index in [1.165, 1.54) is 35.6 Å². The van der Waals surface area contributed by atoms with Gasteiger partial charge in [-0.15, -0.1) is 0 Å². The van der Waals surface area contributed by atoms with Gasteiger partial charge in [0.15, 0.2) is 6.04 Å². The predicted molar refractivity (Wildman–Crippen MR) is 165 cm³/mol. The topological polar surface area (TPSA) is 115 Å². The molecule has 0 aromatic rings. The summed E-state index contributed by atoms with van der Waals surface area (Å²) >= 11 is 1.49. The minimum atomic E-state index is -0.977. The van der Waals surface area contributed by atoms with Crippen LogP contribution in [-0.2, 0) is 19.0 Å². The number of ether oxygens (including phenoxy) is 3. The van der Waals surface area contributed by atoms with Gasteiger partial charge in [0.2, 0.25) is 5.96 Å². The molecule has 0 aliphatic carbocycles. The second-order valence-corrected chi connectivity index (χ2v) is 12.8. The molecule has 0 aromatic carbocycles. The Bertz CT molecular complexity index is 919. The molecule has 10 heteroatoms. The molecule has 0 radical (unpaired) electrons. The van der Waals surface area contributed by atoms with Crippen molar-refractivity contribution in [1.29, 1.82) is 0 Å². The van der Waals surface area contributed by atoms with Gasteiger partial charge in [0.1, 0.15) is 11.2 Å². The van der Waals surface area contributed by atoms with E-state index in [4.69, 9.17) is 14.2 Å². The summed E-state index contributed by atoms with van der Waals surface area (Å²) in [6, 6.07) is -0.977. The first-order chi connectivity index (χ1) is 18.4. The Morgan fingerprint density at radius 1 is 0.800 bits per heavy atom. The quantitative estimate of drug-likeness (QED) is 0.0631. The number of amides is 2. The van der Waals surface area contributed by atoms with Crippen LogP contribution < -0.4 is 10.6 Å². The van der Waals surface area contributed by atoms with Gasteiger partial charge in [-0.3, -0.25) is 10.6 Å². The molecule has 0 bridgehead atoms. The number of nitrogens with zero attached hydrogens (tertiary/aromatic N) is 1. The van der Waals surface area contributed by atoms with Gasteiger partial charge in [-0.2, -0.15) is 11.8 Å². The van der Waals surface area contributed by atoms with E-state index in [1.807, 2.05) is 0 Å². The predicted octanol–water partition coefficient (Wildman–Crippen LogP) is 7.09. The van der Waals surface area contributed by atoms with Gasteiger partial charge >= 0.3 is 18.2 Å². The maximum absolute atomic E-state index is 12.5. The minimum absolute atomic E-state index is 0.266. The Hall–Kier alpha value is -2.75. The monoisotopic (exact) mass is 581 g/mol. The second kappa shape index (κ2) is 18.6. The van der Waals surface area contributed by atoms with Crippen molar-refractivity contribution in [2.75, 3.05) is 18.6 Å². The number of allylic oxidation sites excluding steroid dienone is 5. The average molecular weight is 582 g/mol. The normalized spacial score (nSPS) is 13.1. The Morgan fingerprint density at radius 3 is 1.73 bits per heavy atom. The van der Waals surface area contributed by atoms with E-state index >= 15 is 0 Å². The molecule has 40 heavy (non-hydrogen) atoms. The van der Waals surface area contributed by atoms with Crippen LogP contribution in [0.25, 0.3) is 0 Å². The third kappa shape index (κ3) is 21.1. The summed E-state index contributed by atoms with van der Waals surface area (Å²) in [5.74, 6) is 0.0799. The highest BCUT2D eigenvalue weighted by molar-refractivity contribution is 7.99.